The van der Waals surface area contributed by atoms with E-state index in [4.69, 9.17) is 21.0 Å². The highest BCUT2D eigenvalue weighted by molar-refractivity contribution is 5.75. The average molecular weight is 310 g/mol. The van der Waals surface area contributed by atoms with E-state index < -0.39 is 0 Å². The molecule has 0 radical (unpaired) electrons. The maximum atomic E-state index is 10.2. The van der Waals surface area contributed by atoms with Gasteiger partial charge in [-0.2, -0.15) is 21.0 Å². The van der Waals surface area contributed by atoms with E-state index in [0.29, 0.717) is 22.3 Å². The molecular weight excluding hydrogens is 300 g/mol. The lowest BCUT2D eigenvalue weighted by atomic mass is 10.1. The summed E-state index contributed by atoms with van der Waals surface area (Å²) >= 11 is 0. The molecule has 0 saturated carbocycles. The van der Waals surface area contributed by atoms with E-state index in [9.17, 15) is 4.79 Å². The minimum absolute atomic E-state index is 0.0279. The minimum atomic E-state index is 0.0279. The van der Waals surface area contributed by atoms with Gasteiger partial charge in [-0.15, -0.1) is 0 Å². The topological polar surface area (TPSA) is 112 Å². The first-order valence-electron chi connectivity index (χ1n) is 6.64. The van der Waals surface area contributed by atoms with Crippen molar-refractivity contribution in [3.63, 3.8) is 0 Å². The largest absolute Gasteiger partial charge is 0.298 e. The van der Waals surface area contributed by atoms with Crippen LogP contribution in [0.1, 0.15) is 27.0 Å². The third-order valence-electron chi connectivity index (χ3n) is 2.72. The third-order valence-corrected chi connectivity index (χ3v) is 2.72. The third kappa shape index (κ3) is 5.66. The molecule has 5 heteroatoms. The summed E-state index contributed by atoms with van der Waals surface area (Å²) in [6.07, 6.45) is 2.17. The fraction of sp³-hybridized carbons (Fsp3) is 0. The highest BCUT2D eigenvalue weighted by Gasteiger charge is 1.95. The molecule has 0 unspecified atom stereocenters. The molecular formula is C19H10N4O. The summed E-state index contributed by atoms with van der Waals surface area (Å²) < 4.78 is 0. The standard InChI is InChI=1S/C11H5N3.C8H5NO/c12-6-10-3-1-2-9(4-10)5-11(7-13)8-14;9-5-7-2-1-3-8(4-7)6-10/h1-5H;1-4,6H. The van der Waals surface area contributed by atoms with Gasteiger partial charge in [0.05, 0.1) is 23.3 Å². The number of nitrogens with zero attached hydrogens (tertiary/aromatic N) is 4. The van der Waals surface area contributed by atoms with Crippen LogP contribution < -0.4 is 0 Å². The van der Waals surface area contributed by atoms with Crippen molar-refractivity contribution < 1.29 is 4.79 Å². The molecule has 0 saturated heterocycles. The molecule has 2 aromatic rings. The van der Waals surface area contributed by atoms with Gasteiger partial charge in [0, 0.05) is 5.56 Å². The molecule has 0 aromatic heterocycles. The van der Waals surface area contributed by atoms with Crippen molar-refractivity contribution in [3.05, 3.63) is 76.4 Å². The smallest absolute Gasteiger partial charge is 0.150 e. The molecule has 0 aliphatic heterocycles. The summed E-state index contributed by atoms with van der Waals surface area (Å²) in [6.45, 7) is 0. The Morgan fingerprint density at radius 1 is 0.792 bits per heavy atom. The Morgan fingerprint density at radius 3 is 1.75 bits per heavy atom. The first-order valence-corrected chi connectivity index (χ1v) is 6.64. The quantitative estimate of drug-likeness (QED) is 0.623. The maximum absolute atomic E-state index is 10.2. The zero-order valence-corrected chi connectivity index (χ0v) is 12.5. The van der Waals surface area contributed by atoms with Crippen molar-refractivity contribution in [2.75, 3.05) is 0 Å². The van der Waals surface area contributed by atoms with Crippen LogP contribution in [0.3, 0.4) is 0 Å². The Labute approximate surface area is 139 Å². The molecule has 0 atom stereocenters. The Balaban J connectivity index is 0.000000254. The minimum Gasteiger partial charge on any atom is -0.298 e. The second-order valence-corrected chi connectivity index (χ2v) is 4.37. The summed E-state index contributed by atoms with van der Waals surface area (Å²) in [5.41, 5.74) is 2.28. The van der Waals surface area contributed by atoms with Gasteiger partial charge in [0.25, 0.3) is 0 Å². The maximum Gasteiger partial charge on any atom is 0.150 e. The molecule has 0 fully saturated rings. The second kappa shape index (κ2) is 9.69. The molecule has 0 aliphatic rings. The van der Waals surface area contributed by atoms with Gasteiger partial charge < -0.3 is 0 Å². The molecule has 112 valence electrons. The Morgan fingerprint density at radius 2 is 1.29 bits per heavy atom. The first-order chi connectivity index (χ1) is 11.7. The Bertz CT molecular complexity index is 915. The lowest BCUT2D eigenvalue weighted by Crippen LogP contribution is -1.79. The molecule has 2 aromatic carbocycles. The van der Waals surface area contributed by atoms with Crippen molar-refractivity contribution >= 4 is 12.4 Å². The normalized spacial score (nSPS) is 8.00. The molecule has 2 rings (SSSR count). The number of carbonyl (C=O) groups excluding carboxylic acids is 1. The Kier molecular flexibility index (Phi) is 7.21. The van der Waals surface area contributed by atoms with E-state index in [1.807, 2.05) is 12.1 Å². The first kappa shape index (κ1) is 17.9. The summed E-state index contributed by atoms with van der Waals surface area (Å²) in [5, 5.41) is 34.0. The second-order valence-electron chi connectivity index (χ2n) is 4.37. The van der Waals surface area contributed by atoms with Gasteiger partial charge in [-0.25, -0.2) is 0 Å². The van der Waals surface area contributed by atoms with Crippen molar-refractivity contribution in [2.24, 2.45) is 0 Å². The molecule has 5 nitrogen and oxygen atoms in total. The summed E-state index contributed by atoms with van der Waals surface area (Å²) in [6, 6.07) is 20.7. The van der Waals surface area contributed by atoms with Crippen molar-refractivity contribution in [3.8, 4) is 24.3 Å². The van der Waals surface area contributed by atoms with Gasteiger partial charge in [0.2, 0.25) is 0 Å². The van der Waals surface area contributed by atoms with Gasteiger partial charge in [-0.05, 0) is 35.9 Å². The number of benzene rings is 2. The van der Waals surface area contributed by atoms with Crippen LogP contribution in [0.5, 0.6) is 0 Å². The van der Waals surface area contributed by atoms with Crippen LogP contribution in [-0.4, -0.2) is 6.29 Å². The van der Waals surface area contributed by atoms with E-state index in [2.05, 4.69) is 0 Å². The van der Waals surface area contributed by atoms with Gasteiger partial charge in [0.1, 0.15) is 24.0 Å². The zero-order valence-electron chi connectivity index (χ0n) is 12.5. The molecule has 0 aliphatic carbocycles. The van der Waals surface area contributed by atoms with Crippen LogP contribution in [0, 0.1) is 45.3 Å². The van der Waals surface area contributed by atoms with Gasteiger partial charge in [-0.1, -0.05) is 24.3 Å². The van der Waals surface area contributed by atoms with E-state index >= 15 is 0 Å². The van der Waals surface area contributed by atoms with E-state index in [0.717, 1.165) is 6.29 Å². The van der Waals surface area contributed by atoms with Crippen LogP contribution in [-0.2, 0) is 0 Å². The summed E-state index contributed by atoms with van der Waals surface area (Å²) in [7, 11) is 0. The van der Waals surface area contributed by atoms with E-state index in [1.54, 1.807) is 60.7 Å². The number of carbonyl (C=O) groups is 1. The van der Waals surface area contributed by atoms with Gasteiger partial charge in [0.15, 0.2) is 0 Å². The average Bonchev–Trinajstić information content (AvgIpc) is 2.66. The number of hydrogen-bond acceptors (Lipinski definition) is 5. The fourth-order valence-electron chi connectivity index (χ4n) is 1.64. The predicted molar refractivity (Wildman–Crippen MR) is 86.9 cm³/mol. The summed E-state index contributed by atoms with van der Waals surface area (Å²) in [4.78, 5) is 10.2. The molecule has 24 heavy (non-hydrogen) atoms. The summed E-state index contributed by atoms with van der Waals surface area (Å²) in [5.74, 6) is 0. The Hall–Kier alpha value is -4.19. The number of rotatable bonds is 2. The van der Waals surface area contributed by atoms with Crippen LogP contribution in [0.4, 0.5) is 0 Å². The van der Waals surface area contributed by atoms with Crippen LogP contribution >= 0.6 is 0 Å². The molecule has 0 spiro atoms. The van der Waals surface area contributed by atoms with Gasteiger partial charge in [-0.3, -0.25) is 4.79 Å². The number of hydrogen-bond donors (Lipinski definition) is 0. The molecule has 0 amide bonds. The number of allylic oxidation sites excluding steroid dienone is 1. The highest BCUT2D eigenvalue weighted by Crippen LogP contribution is 2.08. The van der Waals surface area contributed by atoms with Crippen molar-refractivity contribution in [1.82, 2.24) is 0 Å². The van der Waals surface area contributed by atoms with E-state index in [1.165, 1.54) is 6.08 Å². The van der Waals surface area contributed by atoms with Crippen molar-refractivity contribution in [2.45, 2.75) is 0 Å². The lowest BCUT2D eigenvalue weighted by molar-refractivity contribution is 0.112. The fourth-order valence-corrected chi connectivity index (χ4v) is 1.64. The zero-order chi connectivity index (χ0) is 17.8. The number of nitriles is 4. The number of aldehydes is 1. The predicted octanol–water partition coefficient (Wildman–Crippen LogP) is 3.36. The van der Waals surface area contributed by atoms with Crippen LogP contribution in [0.25, 0.3) is 6.08 Å². The molecule has 0 heterocycles. The molecule has 0 bridgehead atoms. The van der Waals surface area contributed by atoms with E-state index in [-0.39, 0.29) is 5.57 Å². The van der Waals surface area contributed by atoms with Crippen molar-refractivity contribution in [1.29, 1.82) is 21.0 Å². The van der Waals surface area contributed by atoms with Crippen LogP contribution in [0.15, 0.2) is 54.1 Å². The SMILES string of the molecule is N#CC(C#N)=Cc1cccc(C#N)c1.N#Cc1cccc(C=O)c1. The highest BCUT2D eigenvalue weighted by atomic mass is 16.1. The monoisotopic (exact) mass is 310 g/mol. The van der Waals surface area contributed by atoms with Crippen LogP contribution in [0.2, 0.25) is 0 Å². The molecule has 0 N–H and O–H groups in total. The lowest BCUT2D eigenvalue weighted by Gasteiger charge is -1.92. The van der Waals surface area contributed by atoms with Gasteiger partial charge >= 0.3 is 0 Å².